The van der Waals surface area contributed by atoms with Gasteiger partial charge in [0.15, 0.2) is 5.82 Å². The average molecular weight is 432 g/mol. The molecule has 2 aliphatic rings. The average Bonchev–Trinajstić information content (AvgIpc) is 3.40. The van der Waals surface area contributed by atoms with Crippen LogP contribution in [0.4, 0.5) is 0 Å². The van der Waals surface area contributed by atoms with Gasteiger partial charge >= 0.3 is 0 Å². The van der Waals surface area contributed by atoms with E-state index in [4.69, 9.17) is 16.0 Å². The SMILES string of the molecule is O=c1c(Cc2ccco2)nc2c(Cc3ccccc3)[nH]c(-c3cc(O)ccc3Cl)cn1-2. The first-order chi connectivity index (χ1) is 15.1. The van der Waals surface area contributed by atoms with Crippen molar-refractivity contribution in [1.82, 2.24) is 14.5 Å². The third-order valence-corrected chi connectivity index (χ3v) is 5.46. The minimum Gasteiger partial charge on any atom is -0.508 e. The van der Waals surface area contributed by atoms with Crippen molar-refractivity contribution in [1.29, 1.82) is 0 Å². The van der Waals surface area contributed by atoms with Gasteiger partial charge in [-0.05, 0) is 35.9 Å². The molecule has 2 aliphatic heterocycles. The largest absolute Gasteiger partial charge is 0.508 e. The zero-order chi connectivity index (χ0) is 21.4. The van der Waals surface area contributed by atoms with E-state index < -0.39 is 0 Å². The molecule has 7 heteroatoms. The Morgan fingerprint density at radius 2 is 1.90 bits per heavy atom. The number of imidazole rings is 1. The number of aromatic nitrogens is 3. The Labute approximate surface area is 182 Å². The number of hydrogen-bond acceptors (Lipinski definition) is 4. The van der Waals surface area contributed by atoms with Gasteiger partial charge < -0.3 is 14.5 Å². The Morgan fingerprint density at radius 3 is 2.68 bits per heavy atom. The molecule has 2 aromatic carbocycles. The van der Waals surface area contributed by atoms with Crippen LogP contribution in [0.3, 0.4) is 0 Å². The van der Waals surface area contributed by atoms with Gasteiger partial charge in [-0.2, -0.15) is 0 Å². The number of benzene rings is 2. The Bertz CT molecular complexity index is 1370. The van der Waals surface area contributed by atoms with Gasteiger partial charge in [0.1, 0.15) is 17.2 Å². The molecule has 31 heavy (non-hydrogen) atoms. The first-order valence-electron chi connectivity index (χ1n) is 9.77. The van der Waals surface area contributed by atoms with Crippen molar-refractivity contribution < 1.29 is 9.52 Å². The predicted octanol–water partition coefficient (Wildman–Crippen LogP) is 4.80. The molecule has 0 unspecified atom stereocenters. The van der Waals surface area contributed by atoms with Crippen LogP contribution < -0.4 is 5.56 Å². The summed E-state index contributed by atoms with van der Waals surface area (Å²) in [6.07, 6.45) is 4.10. The topological polar surface area (TPSA) is 84.1 Å². The standard InChI is InChI=1S/C24H18ClN3O3/c25-19-9-8-16(29)12-18(19)22-14-28-23(20(26-22)11-15-5-2-1-3-6-15)27-21(24(28)30)13-17-7-4-10-31-17/h1-10,12,14,26,29H,11,13H2. The quantitative estimate of drug-likeness (QED) is 0.418. The molecule has 0 saturated heterocycles. The summed E-state index contributed by atoms with van der Waals surface area (Å²) in [6, 6.07) is 18.2. The Kier molecular flexibility index (Phi) is 4.84. The van der Waals surface area contributed by atoms with E-state index in [1.807, 2.05) is 36.4 Å². The summed E-state index contributed by atoms with van der Waals surface area (Å²) in [7, 11) is 0. The molecular formula is C24H18ClN3O3. The van der Waals surface area contributed by atoms with Gasteiger partial charge in [0.2, 0.25) is 0 Å². The van der Waals surface area contributed by atoms with Crippen LogP contribution in [0.15, 0.2) is 82.3 Å². The van der Waals surface area contributed by atoms with Crippen molar-refractivity contribution in [2.24, 2.45) is 0 Å². The number of H-pyrrole nitrogens is 1. The molecule has 154 valence electrons. The van der Waals surface area contributed by atoms with Gasteiger partial charge in [-0.1, -0.05) is 41.9 Å². The zero-order valence-electron chi connectivity index (χ0n) is 16.4. The summed E-state index contributed by atoms with van der Waals surface area (Å²) in [6.45, 7) is 0. The lowest BCUT2D eigenvalue weighted by atomic mass is 10.1. The number of phenolic OH excluding ortho intramolecular Hbond substituents is 1. The maximum Gasteiger partial charge on any atom is 0.278 e. The molecule has 3 heterocycles. The van der Waals surface area contributed by atoms with E-state index in [1.54, 1.807) is 30.7 Å². The molecule has 0 amide bonds. The first kappa shape index (κ1) is 19.2. The van der Waals surface area contributed by atoms with Gasteiger partial charge in [-0.25, -0.2) is 4.98 Å². The smallest absolute Gasteiger partial charge is 0.278 e. The van der Waals surface area contributed by atoms with Crippen molar-refractivity contribution in [3.63, 3.8) is 0 Å². The minimum atomic E-state index is -0.216. The maximum absolute atomic E-state index is 13.2. The van der Waals surface area contributed by atoms with E-state index in [2.05, 4.69) is 9.97 Å². The van der Waals surface area contributed by atoms with E-state index in [1.165, 1.54) is 10.6 Å². The molecule has 0 radical (unpaired) electrons. The highest BCUT2D eigenvalue weighted by molar-refractivity contribution is 6.33. The van der Waals surface area contributed by atoms with E-state index in [9.17, 15) is 9.90 Å². The Balaban J connectivity index is 1.69. The van der Waals surface area contributed by atoms with E-state index in [-0.39, 0.29) is 11.3 Å². The van der Waals surface area contributed by atoms with Crippen molar-refractivity contribution in [3.8, 4) is 22.8 Å². The van der Waals surface area contributed by atoms with Crippen molar-refractivity contribution in [2.45, 2.75) is 12.8 Å². The second-order valence-electron chi connectivity index (χ2n) is 7.29. The van der Waals surface area contributed by atoms with E-state index >= 15 is 0 Å². The van der Waals surface area contributed by atoms with Crippen molar-refractivity contribution >= 4 is 11.6 Å². The summed E-state index contributed by atoms with van der Waals surface area (Å²) >= 11 is 6.39. The summed E-state index contributed by atoms with van der Waals surface area (Å²) in [4.78, 5) is 21.2. The number of nitrogens with one attached hydrogen (secondary N) is 1. The number of fused-ring (bicyclic) bond motifs is 1. The van der Waals surface area contributed by atoms with Crippen LogP contribution >= 0.6 is 11.6 Å². The summed E-state index contributed by atoms with van der Waals surface area (Å²) in [5, 5.41) is 10.4. The molecule has 6 nitrogen and oxygen atoms in total. The molecule has 0 atom stereocenters. The number of aromatic amines is 1. The van der Waals surface area contributed by atoms with Crippen LogP contribution in [0.2, 0.25) is 5.02 Å². The van der Waals surface area contributed by atoms with Crippen LogP contribution in [0.5, 0.6) is 5.75 Å². The predicted molar refractivity (Wildman–Crippen MR) is 118 cm³/mol. The number of furan rings is 1. The fourth-order valence-corrected chi connectivity index (χ4v) is 3.87. The van der Waals surface area contributed by atoms with Gasteiger partial charge in [0.05, 0.1) is 29.1 Å². The third-order valence-electron chi connectivity index (χ3n) is 5.13. The molecule has 2 N–H and O–H groups in total. The molecule has 0 bridgehead atoms. The molecule has 1 aromatic heterocycles. The van der Waals surface area contributed by atoms with Crippen LogP contribution in [-0.2, 0) is 12.8 Å². The molecule has 3 aromatic rings. The summed E-state index contributed by atoms with van der Waals surface area (Å²) in [5.41, 5.74) is 3.23. The number of nitrogens with zero attached hydrogens (tertiary/aromatic N) is 2. The highest BCUT2D eigenvalue weighted by Gasteiger charge is 2.21. The summed E-state index contributed by atoms with van der Waals surface area (Å²) in [5.74, 6) is 1.31. The van der Waals surface area contributed by atoms with Crippen LogP contribution in [0, 0.1) is 0 Å². The van der Waals surface area contributed by atoms with Crippen LogP contribution in [0.25, 0.3) is 17.1 Å². The lowest BCUT2D eigenvalue weighted by Crippen LogP contribution is -2.17. The highest BCUT2D eigenvalue weighted by atomic mass is 35.5. The van der Waals surface area contributed by atoms with E-state index in [0.717, 1.165) is 11.3 Å². The van der Waals surface area contributed by atoms with Gasteiger partial charge in [-0.15, -0.1) is 0 Å². The third kappa shape index (κ3) is 3.73. The lowest BCUT2D eigenvalue weighted by molar-refractivity contribution is 0.475. The number of phenols is 1. The molecule has 0 saturated carbocycles. The zero-order valence-corrected chi connectivity index (χ0v) is 17.1. The van der Waals surface area contributed by atoms with Gasteiger partial charge in [0.25, 0.3) is 5.56 Å². The molecule has 0 aliphatic carbocycles. The van der Waals surface area contributed by atoms with Gasteiger partial charge in [0, 0.05) is 18.2 Å². The highest BCUT2D eigenvalue weighted by Crippen LogP contribution is 2.31. The van der Waals surface area contributed by atoms with Crippen LogP contribution in [0.1, 0.15) is 22.7 Å². The van der Waals surface area contributed by atoms with Crippen molar-refractivity contribution in [3.05, 3.63) is 111 Å². The number of rotatable bonds is 5. The summed E-state index contributed by atoms with van der Waals surface area (Å²) < 4.78 is 6.93. The van der Waals surface area contributed by atoms with E-state index in [0.29, 0.717) is 46.4 Å². The number of hydrogen-bond donors (Lipinski definition) is 2. The fraction of sp³-hybridized carbons (Fsp3) is 0.0833. The Morgan fingerprint density at radius 1 is 1.06 bits per heavy atom. The second kappa shape index (κ2) is 7.81. The first-order valence-corrected chi connectivity index (χ1v) is 10.1. The maximum atomic E-state index is 13.2. The molecular weight excluding hydrogens is 414 g/mol. The molecule has 0 spiro atoms. The van der Waals surface area contributed by atoms with Gasteiger partial charge in [-0.3, -0.25) is 9.36 Å². The lowest BCUT2D eigenvalue weighted by Gasteiger charge is -2.14. The Hall–Kier alpha value is -3.77. The number of aromatic hydroxyl groups is 1. The fourth-order valence-electron chi connectivity index (χ4n) is 3.65. The molecule has 0 fully saturated rings. The second-order valence-corrected chi connectivity index (χ2v) is 7.69. The monoisotopic (exact) mass is 431 g/mol. The van der Waals surface area contributed by atoms with Crippen molar-refractivity contribution in [2.75, 3.05) is 0 Å². The number of halogens is 1. The minimum absolute atomic E-state index is 0.0870. The molecule has 5 rings (SSSR count). The normalized spacial score (nSPS) is 11.3. The van der Waals surface area contributed by atoms with Crippen LogP contribution in [-0.4, -0.2) is 19.6 Å².